The van der Waals surface area contributed by atoms with Gasteiger partial charge in [-0.1, -0.05) is 11.6 Å². The van der Waals surface area contributed by atoms with Gasteiger partial charge in [-0.3, -0.25) is 0 Å². The maximum Gasteiger partial charge on any atom is 0.255 e. The first-order chi connectivity index (χ1) is 10.1. The molecule has 0 amide bonds. The quantitative estimate of drug-likeness (QED) is 0.710. The van der Waals surface area contributed by atoms with Gasteiger partial charge in [-0.15, -0.1) is 12.4 Å². The van der Waals surface area contributed by atoms with E-state index in [4.69, 9.17) is 22.1 Å². The number of fused-ring (bicyclic) bond motifs is 1. The van der Waals surface area contributed by atoms with Crippen LogP contribution in [0.2, 0.25) is 5.02 Å². The highest BCUT2D eigenvalue weighted by Crippen LogP contribution is 2.32. The standard InChI is InChI=1S/C15H13ClFN3O.ClH/c1-21-14-3-2-12(20-15(14)17)10-6-13-8(5-11(10)16)4-9(7-18)19-13;/h2-6,19H,7,18H2,1H3;1H. The van der Waals surface area contributed by atoms with E-state index in [1.165, 1.54) is 13.2 Å². The number of methoxy groups -OCH3 is 1. The van der Waals surface area contributed by atoms with Crippen molar-refractivity contribution in [1.82, 2.24) is 9.97 Å². The molecule has 0 saturated heterocycles. The Bertz CT molecular complexity index is 820. The van der Waals surface area contributed by atoms with Crippen molar-refractivity contribution < 1.29 is 9.13 Å². The molecule has 0 aliphatic heterocycles. The average Bonchev–Trinajstić information content (AvgIpc) is 2.88. The predicted molar refractivity (Wildman–Crippen MR) is 88.2 cm³/mol. The Kier molecular flexibility index (Phi) is 4.90. The largest absolute Gasteiger partial charge is 0.492 e. The van der Waals surface area contributed by atoms with E-state index < -0.39 is 5.95 Å². The van der Waals surface area contributed by atoms with Crippen LogP contribution in [-0.4, -0.2) is 17.1 Å². The minimum Gasteiger partial charge on any atom is -0.492 e. The number of hydrogen-bond donors (Lipinski definition) is 2. The first kappa shape index (κ1) is 16.5. The Morgan fingerprint density at radius 1 is 1.32 bits per heavy atom. The summed E-state index contributed by atoms with van der Waals surface area (Å²) >= 11 is 6.28. The van der Waals surface area contributed by atoms with Crippen LogP contribution in [0.5, 0.6) is 5.75 Å². The summed E-state index contributed by atoms with van der Waals surface area (Å²) in [6, 6.07) is 8.78. The van der Waals surface area contributed by atoms with Crippen LogP contribution in [0, 0.1) is 5.95 Å². The highest BCUT2D eigenvalue weighted by Gasteiger charge is 2.12. The summed E-state index contributed by atoms with van der Waals surface area (Å²) < 4.78 is 18.6. The fourth-order valence-corrected chi connectivity index (χ4v) is 2.51. The first-order valence-corrected chi connectivity index (χ1v) is 6.72. The first-order valence-electron chi connectivity index (χ1n) is 6.34. The molecule has 0 unspecified atom stereocenters. The Morgan fingerprint density at radius 2 is 2.09 bits per heavy atom. The second-order valence-electron chi connectivity index (χ2n) is 4.61. The number of nitrogens with one attached hydrogen (secondary N) is 1. The summed E-state index contributed by atoms with van der Waals surface area (Å²) in [7, 11) is 1.39. The number of halogens is 3. The zero-order valence-corrected chi connectivity index (χ0v) is 13.3. The number of nitrogens with zero attached hydrogens (tertiary/aromatic N) is 1. The van der Waals surface area contributed by atoms with Gasteiger partial charge in [-0.25, -0.2) is 4.98 Å². The van der Waals surface area contributed by atoms with Crippen LogP contribution >= 0.6 is 24.0 Å². The van der Waals surface area contributed by atoms with Gasteiger partial charge in [0, 0.05) is 28.7 Å². The number of aromatic nitrogens is 2. The summed E-state index contributed by atoms with van der Waals surface area (Å²) in [6.45, 7) is 0.414. The second-order valence-corrected chi connectivity index (χ2v) is 5.01. The van der Waals surface area contributed by atoms with E-state index in [-0.39, 0.29) is 18.2 Å². The number of pyridine rings is 1. The summed E-state index contributed by atoms with van der Waals surface area (Å²) in [5, 5.41) is 1.46. The van der Waals surface area contributed by atoms with Crippen LogP contribution in [0.3, 0.4) is 0 Å². The third kappa shape index (κ3) is 2.88. The number of ether oxygens (including phenoxy) is 1. The van der Waals surface area contributed by atoms with Gasteiger partial charge in [0.05, 0.1) is 17.8 Å². The molecule has 0 atom stereocenters. The molecule has 4 nitrogen and oxygen atoms in total. The molecule has 0 radical (unpaired) electrons. The highest BCUT2D eigenvalue weighted by atomic mass is 35.5. The molecule has 3 rings (SSSR count). The fraction of sp³-hybridized carbons (Fsp3) is 0.133. The van der Waals surface area contributed by atoms with Crippen molar-refractivity contribution in [2.24, 2.45) is 5.73 Å². The Labute approximate surface area is 137 Å². The molecule has 7 heteroatoms. The SMILES string of the molecule is COc1ccc(-c2cc3[nH]c(CN)cc3cc2Cl)nc1F.Cl. The number of H-pyrrole nitrogens is 1. The van der Waals surface area contributed by atoms with Crippen LogP contribution in [0.1, 0.15) is 5.69 Å². The highest BCUT2D eigenvalue weighted by molar-refractivity contribution is 6.34. The lowest BCUT2D eigenvalue weighted by Crippen LogP contribution is -1.95. The zero-order chi connectivity index (χ0) is 15.0. The van der Waals surface area contributed by atoms with Crippen molar-refractivity contribution in [2.45, 2.75) is 6.54 Å². The summed E-state index contributed by atoms with van der Waals surface area (Å²) in [6.07, 6.45) is 0. The molecule has 3 N–H and O–H groups in total. The topological polar surface area (TPSA) is 63.9 Å². The minimum atomic E-state index is -0.666. The number of aromatic amines is 1. The molecule has 2 heterocycles. The maximum absolute atomic E-state index is 13.7. The van der Waals surface area contributed by atoms with Crippen LogP contribution in [0.4, 0.5) is 4.39 Å². The average molecular weight is 342 g/mol. The summed E-state index contributed by atoms with van der Waals surface area (Å²) in [4.78, 5) is 7.08. The van der Waals surface area contributed by atoms with Crippen LogP contribution in [0.25, 0.3) is 22.2 Å². The smallest absolute Gasteiger partial charge is 0.255 e. The lowest BCUT2D eigenvalue weighted by atomic mass is 10.1. The molecular weight excluding hydrogens is 328 g/mol. The molecule has 0 aliphatic carbocycles. The van der Waals surface area contributed by atoms with Gasteiger partial charge in [0.1, 0.15) is 0 Å². The van der Waals surface area contributed by atoms with Gasteiger partial charge in [-0.2, -0.15) is 4.39 Å². The van der Waals surface area contributed by atoms with E-state index in [9.17, 15) is 4.39 Å². The third-order valence-electron chi connectivity index (χ3n) is 3.29. The lowest BCUT2D eigenvalue weighted by molar-refractivity contribution is 0.378. The van der Waals surface area contributed by atoms with Gasteiger partial charge in [0.25, 0.3) is 5.95 Å². The molecular formula is C15H14Cl2FN3O. The molecule has 3 aromatic rings. The van der Waals surface area contributed by atoms with E-state index in [0.717, 1.165) is 16.6 Å². The van der Waals surface area contributed by atoms with Gasteiger partial charge in [0.2, 0.25) is 0 Å². The maximum atomic E-state index is 13.7. The van der Waals surface area contributed by atoms with Gasteiger partial charge in [-0.05, 0) is 30.3 Å². The monoisotopic (exact) mass is 341 g/mol. The van der Waals surface area contributed by atoms with Crippen molar-refractivity contribution in [3.8, 4) is 17.0 Å². The van der Waals surface area contributed by atoms with Crippen molar-refractivity contribution in [3.63, 3.8) is 0 Å². The normalized spacial score (nSPS) is 10.5. The Balaban J connectivity index is 0.00000176. The molecule has 1 aromatic carbocycles. The predicted octanol–water partition coefficient (Wildman–Crippen LogP) is 3.91. The van der Waals surface area contributed by atoms with Crippen molar-refractivity contribution in [2.75, 3.05) is 7.11 Å². The summed E-state index contributed by atoms with van der Waals surface area (Å²) in [5.41, 5.74) is 8.50. The van der Waals surface area contributed by atoms with Gasteiger partial charge < -0.3 is 15.5 Å². The van der Waals surface area contributed by atoms with Crippen molar-refractivity contribution in [1.29, 1.82) is 0 Å². The van der Waals surface area contributed by atoms with E-state index in [1.54, 1.807) is 6.07 Å². The minimum absolute atomic E-state index is 0. The van der Waals surface area contributed by atoms with Gasteiger partial charge in [0.15, 0.2) is 5.75 Å². The lowest BCUT2D eigenvalue weighted by Gasteiger charge is -2.06. The molecule has 0 aliphatic rings. The molecule has 116 valence electrons. The molecule has 0 fully saturated rings. The third-order valence-corrected chi connectivity index (χ3v) is 3.61. The van der Waals surface area contributed by atoms with Crippen LogP contribution in [-0.2, 0) is 6.54 Å². The van der Waals surface area contributed by atoms with Crippen molar-refractivity contribution in [3.05, 3.63) is 47.0 Å². The Hall–Kier alpha value is -1.82. The van der Waals surface area contributed by atoms with Crippen molar-refractivity contribution >= 4 is 34.9 Å². The number of benzene rings is 1. The molecule has 0 spiro atoms. The summed E-state index contributed by atoms with van der Waals surface area (Å²) in [5.74, 6) is -0.568. The van der Waals surface area contributed by atoms with E-state index in [2.05, 4.69) is 9.97 Å². The number of nitrogens with two attached hydrogens (primary N) is 1. The van der Waals surface area contributed by atoms with E-state index in [0.29, 0.717) is 22.8 Å². The van der Waals surface area contributed by atoms with Crippen LogP contribution in [0.15, 0.2) is 30.3 Å². The number of rotatable bonds is 3. The zero-order valence-electron chi connectivity index (χ0n) is 11.7. The molecule has 22 heavy (non-hydrogen) atoms. The second kappa shape index (κ2) is 6.52. The van der Waals surface area contributed by atoms with E-state index >= 15 is 0 Å². The Morgan fingerprint density at radius 3 is 2.73 bits per heavy atom. The molecule has 0 saturated carbocycles. The molecule has 0 bridgehead atoms. The fourth-order valence-electron chi connectivity index (χ4n) is 2.24. The number of hydrogen-bond acceptors (Lipinski definition) is 3. The van der Waals surface area contributed by atoms with Gasteiger partial charge >= 0.3 is 0 Å². The van der Waals surface area contributed by atoms with E-state index in [1.807, 2.05) is 18.2 Å². The van der Waals surface area contributed by atoms with Crippen LogP contribution < -0.4 is 10.5 Å². The molecule has 2 aromatic heterocycles.